The van der Waals surface area contributed by atoms with Gasteiger partial charge in [-0.25, -0.2) is 4.68 Å². The van der Waals surface area contributed by atoms with Gasteiger partial charge in [0, 0.05) is 19.2 Å². The van der Waals surface area contributed by atoms with Crippen molar-refractivity contribution in [1.29, 1.82) is 0 Å². The van der Waals surface area contributed by atoms with E-state index in [1.54, 1.807) is 6.20 Å². The molecule has 0 aromatic carbocycles. The molecule has 0 radical (unpaired) electrons. The first-order valence-electron chi connectivity index (χ1n) is 5.92. The highest BCUT2D eigenvalue weighted by Gasteiger charge is 2.11. The number of anilines is 2. The maximum atomic E-state index is 9.47. The van der Waals surface area contributed by atoms with Crippen LogP contribution in [0.2, 0.25) is 0 Å². The fourth-order valence-electron chi connectivity index (χ4n) is 1.60. The number of hydrogen-bond donors (Lipinski definition) is 4. The second kappa shape index (κ2) is 6.46. The summed E-state index contributed by atoms with van der Waals surface area (Å²) in [6, 6.07) is 0.233. The van der Waals surface area contributed by atoms with E-state index >= 15 is 0 Å². The molecule has 1 aromatic rings. The predicted molar refractivity (Wildman–Crippen MR) is 67.8 cm³/mol. The Bertz CT molecular complexity index is 338. The summed E-state index contributed by atoms with van der Waals surface area (Å²) in [4.78, 5) is 0. The van der Waals surface area contributed by atoms with Crippen LogP contribution in [0.5, 0.6) is 0 Å². The number of aromatic nitrogens is 2. The van der Waals surface area contributed by atoms with Crippen LogP contribution in [0.4, 0.5) is 11.5 Å². The number of hydrogen-bond acceptors (Lipinski definition) is 5. The van der Waals surface area contributed by atoms with Crippen molar-refractivity contribution in [3.63, 3.8) is 0 Å². The predicted octanol–water partition coefficient (Wildman–Crippen LogP) is 0.591. The van der Waals surface area contributed by atoms with Gasteiger partial charge in [0.1, 0.15) is 5.82 Å². The van der Waals surface area contributed by atoms with Gasteiger partial charge in [0.15, 0.2) is 0 Å². The van der Waals surface area contributed by atoms with Crippen LogP contribution in [-0.2, 0) is 0 Å². The van der Waals surface area contributed by atoms with Crippen LogP contribution in [0.15, 0.2) is 6.20 Å². The molecule has 6 nitrogen and oxygen atoms in total. The van der Waals surface area contributed by atoms with E-state index in [4.69, 9.17) is 10.8 Å². The summed E-state index contributed by atoms with van der Waals surface area (Å²) < 4.78 is 1.81. The molecule has 0 saturated heterocycles. The monoisotopic (exact) mass is 242 g/mol. The standard InChI is InChI=1S/C11H22N4O2/c1-8(2)15-11(10(12)7-14-15)13-5-3-9(17)4-6-16/h7-9,13,16-17H,3-6,12H2,1-2H3. The van der Waals surface area contributed by atoms with Crippen LogP contribution in [0, 0.1) is 0 Å². The zero-order chi connectivity index (χ0) is 12.8. The number of nitrogens with one attached hydrogen (secondary N) is 1. The quantitative estimate of drug-likeness (QED) is 0.561. The molecule has 0 amide bonds. The van der Waals surface area contributed by atoms with Crippen LogP contribution >= 0.6 is 0 Å². The highest BCUT2D eigenvalue weighted by molar-refractivity contribution is 5.60. The second-order valence-electron chi connectivity index (χ2n) is 4.37. The van der Waals surface area contributed by atoms with Crippen LogP contribution in [0.1, 0.15) is 32.7 Å². The number of aliphatic hydroxyl groups is 2. The number of nitrogen functional groups attached to an aromatic ring is 1. The SMILES string of the molecule is CC(C)n1ncc(N)c1NCCC(O)CCO. The molecule has 1 atom stereocenters. The fourth-order valence-corrected chi connectivity index (χ4v) is 1.60. The number of nitrogens with zero attached hydrogens (tertiary/aromatic N) is 2. The molecular weight excluding hydrogens is 220 g/mol. The van der Waals surface area contributed by atoms with Crippen molar-refractivity contribution in [3.8, 4) is 0 Å². The van der Waals surface area contributed by atoms with Crippen molar-refractivity contribution in [1.82, 2.24) is 9.78 Å². The van der Waals surface area contributed by atoms with Gasteiger partial charge in [-0.15, -0.1) is 0 Å². The van der Waals surface area contributed by atoms with E-state index in [1.165, 1.54) is 0 Å². The first-order valence-corrected chi connectivity index (χ1v) is 5.92. The third kappa shape index (κ3) is 3.90. The molecule has 1 unspecified atom stereocenters. The third-order valence-electron chi connectivity index (χ3n) is 2.55. The van der Waals surface area contributed by atoms with Gasteiger partial charge in [-0.3, -0.25) is 0 Å². The second-order valence-corrected chi connectivity index (χ2v) is 4.37. The number of nitrogens with two attached hydrogens (primary N) is 1. The fraction of sp³-hybridized carbons (Fsp3) is 0.727. The van der Waals surface area contributed by atoms with Gasteiger partial charge in [0.05, 0.1) is 18.0 Å². The number of aliphatic hydroxyl groups excluding tert-OH is 2. The number of rotatable bonds is 7. The Hall–Kier alpha value is -1.27. The molecule has 5 N–H and O–H groups in total. The van der Waals surface area contributed by atoms with E-state index in [0.717, 1.165) is 5.82 Å². The zero-order valence-electron chi connectivity index (χ0n) is 10.4. The molecule has 0 aliphatic rings. The van der Waals surface area contributed by atoms with Gasteiger partial charge < -0.3 is 21.3 Å². The lowest BCUT2D eigenvalue weighted by atomic mass is 10.2. The summed E-state index contributed by atoms with van der Waals surface area (Å²) >= 11 is 0. The van der Waals surface area contributed by atoms with Gasteiger partial charge in [0.25, 0.3) is 0 Å². The minimum atomic E-state index is -0.482. The molecule has 1 heterocycles. The third-order valence-corrected chi connectivity index (χ3v) is 2.55. The smallest absolute Gasteiger partial charge is 0.147 e. The molecule has 17 heavy (non-hydrogen) atoms. The lowest BCUT2D eigenvalue weighted by molar-refractivity contribution is 0.128. The molecular formula is C11H22N4O2. The van der Waals surface area contributed by atoms with Crippen molar-refractivity contribution < 1.29 is 10.2 Å². The van der Waals surface area contributed by atoms with E-state index in [-0.39, 0.29) is 12.6 Å². The molecule has 0 saturated carbocycles. The van der Waals surface area contributed by atoms with E-state index in [1.807, 2.05) is 18.5 Å². The van der Waals surface area contributed by atoms with Crippen molar-refractivity contribution >= 4 is 11.5 Å². The van der Waals surface area contributed by atoms with Gasteiger partial charge in [-0.05, 0) is 26.7 Å². The average molecular weight is 242 g/mol. The summed E-state index contributed by atoms with van der Waals surface area (Å²) in [5.74, 6) is 0.788. The molecule has 0 fully saturated rings. The molecule has 6 heteroatoms. The van der Waals surface area contributed by atoms with Gasteiger partial charge in [-0.2, -0.15) is 5.10 Å². The highest BCUT2D eigenvalue weighted by Crippen LogP contribution is 2.21. The molecule has 1 rings (SSSR count). The van der Waals surface area contributed by atoms with Crippen molar-refractivity contribution in [2.75, 3.05) is 24.2 Å². The minimum Gasteiger partial charge on any atom is -0.396 e. The summed E-state index contributed by atoms with van der Waals surface area (Å²) in [7, 11) is 0. The Labute approximate surface area is 101 Å². The Morgan fingerprint density at radius 2 is 2.18 bits per heavy atom. The van der Waals surface area contributed by atoms with Crippen LogP contribution in [0.25, 0.3) is 0 Å². The first kappa shape index (κ1) is 13.8. The lowest BCUT2D eigenvalue weighted by Crippen LogP contribution is -2.17. The van der Waals surface area contributed by atoms with Crippen molar-refractivity contribution in [2.24, 2.45) is 0 Å². The first-order chi connectivity index (χ1) is 8.06. The largest absolute Gasteiger partial charge is 0.396 e. The Kier molecular flexibility index (Phi) is 5.24. The Morgan fingerprint density at radius 1 is 1.47 bits per heavy atom. The summed E-state index contributed by atoms with van der Waals surface area (Å²) in [6.07, 6.45) is 2.11. The maximum absolute atomic E-state index is 9.47. The summed E-state index contributed by atoms with van der Waals surface area (Å²) in [6.45, 7) is 4.66. The zero-order valence-corrected chi connectivity index (χ0v) is 10.4. The Morgan fingerprint density at radius 3 is 2.76 bits per heavy atom. The van der Waals surface area contributed by atoms with Gasteiger partial charge in [-0.1, -0.05) is 0 Å². The highest BCUT2D eigenvalue weighted by atomic mass is 16.3. The van der Waals surface area contributed by atoms with Gasteiger partial charge in [0.2, 0.25) is 0 Å². The molecule has 0 aliphatic heterocycles. The van der Waals surface area contributed by atoms with Gasteiger partial charge >= 0.3 is 0 Å². The summed E-state index contributed by atoms with van der Waals surface area (Å²) in [5.41, 5.74) is 6.41. The van der Waals surface area contributed by atoms with Crippen LogP contribution in [-0.4, -0.2) is 39.2 Å². The molecule has 98 valence electrons. The molecule has 0 bridgehead atoms. The lowest BCUT2D eigenvalue weighted by Gasteiger charge is -2.14. The van der Waals surface area contributed by atoms with Crippen LogP contribution < -0.4 is 11.1 Å². The normalized spacial score (nSPS) is 13.0. The Balaban J connectivity index is 2.48. The van der Waals surface area contributed by atoms with Crippen molar-refractivity contribution in [2.45, 2.75) is 38.8 Å². The molecule has 0 aliphatic carbocycles. The van der Waals surface area contributed by atoms with E-state index < -0.39 is 6.10 Å². The molecule has 1 aromatic heterocycles. The summed E-state index contributed by atoms with van der Waals surface area (Å²) in [5, 5.41) is 25.5. The van der Waals surface area contributed by atoms with E-state index in [0.29, 0.717) is 25.1 Å². The van der Waals surface area contributed by atoms with E-state index in [2.05, 4.69) is 10.4 Å². The maximum Gasteiger partial charge on any atom is 0.147 e. The average Bonchev–Trinajstić information content (AvgIpc) is 2.61. The minimum absolute atomic E-state index is 0.00717. The van der Waals surface area contributed by atoms with E-state index in [9.17, 15) is 5.11 Å². The topological polar surface area (TPSA) is 96.3 Å². The van der Waals surface area contributed by atoms with Crippen molar-refractivity contribution in [3.05, 3.63) is 6.20 Å². The van der Waals surface area contributed by atoms with Crippen LogP contribution in [0.3, 0.4) is 0 Å². The molecule has 0 spiro atoms.